The Labute approximate surface area is 131 Å². The van der Waals surface area contributed by atoms with E-state index >= 15 is 0 Å². The van der Waals surface area contributed by atoms with Crippen molar-refractivity contribution in [2.75, 3.05) is 11.9 Å². The molecule has 0 aliphatic carbocycles. The smallest absolute Gasteiger partial charge is 0.263 e. The van der Waals surface area contributed by atoms with Crippen LogP contribution in [0, 0.1) is 0 Å². The van der Waals surface area contributed by atoms with Gasteiger partial charge in [0.25, 0.3) is 5.91 Å². The standard InChI is InChI=1S/C17H23N3O2/c1-12(2)14-6-5-7-15(10-14)22-11-17(21)19-16-8-9-18-20(16)13(3)4/h5-10,12-13H,11H2,1-4H3,(H,19,21). The second-order valence-electron chi connectivity index (χ2n) is 5.82. The fourth-order valence-electron chi connectivity index (χ4n) is 2.12. The quantitative estimate of drug-likeness (QED) is 0.887. The molecular formula is C17H23N3O2. The Morgan fingerprint density at radius 1 is 1.27 bits per heavy atom. The van der Waals surface area contributed by atoms with Crippen molar-refractivity contribution >= 4 is 11.7 Å². The molecule has 5 nitrogen and oxygen atoms in total. The van der Waals surface area contributed by atoms with Crippen LogP contribution < -0.4 is 10.1 Å². The lowest BCUT2D eigenvalue weighted by atomic mass is 10.0. The first-order chi connectivity index (χ1) is 10.5. The maximum Gasteiger partial charge on any atom is 0.263 e. The van der Waals surface area contributed by atoms with Crippen molar-refractivity contribution in [2.45, 2.75) is 39.7 Å². The highest BCUT2D eigenvalue weighted by molar-refractivity contribution is 5.91. The predicted octanol–water partition coefficient (Wildman–Crippen LogP) is 3.60. The molecule has 1 aromatic heterocycles. The molecule has 118 valence electrons. The lowest BCUT2D eigenvalue weighted by Gasteiger charge is -2.13. The van der Waals surface area contributed by atoms with Gasteiger partial charge in [0.15, 0.2) is 6.61 Å². The van der Waals surface area contributed by atoms with Crippen LogP contribution in [0.4, 0.5) is 5.82 Å². The molecule has 1 heterocycles. The van der Waals surface area contributed by atoms with Gasteiger partial charge in [-0.25, -0.2) is 4.68 Å². The Morgan fingerprint density at radius 2 is 2.05 bits per heavy atom. The number of amides is 1. The van der Waals surface area contributed by atoms with Gasteiger partial charge in [0.2, 0.25) is 0 Å². The molecule has 2 rings (SSSR count). The average molecular weight is 301 g/mol. The number of benzene rings is 1. The minimum absolute atomic E-state index is 0.0230. The van der Waals surface area contributed by atoms with E-state index in [2.05, 4.69) is 30.3 Å². The van der Waals surface area contributed by atoms with Crippen molar-refractivity contribution in [3.8, 4) is 5.75 Å². The van der Waals surface area contributed by atoms with Gasteiger partial charge in [0, 0.05) is 12.1 Å². The van der Waals surface area contributed by atoms with Crippen LogP contribution in [0.5, 0.6) is 5.75 Å². The normalized spacial score (nSPS) is 11.0. The summed E-state index contributed by atoms with van der Waals surface area (Å²) in [6.07, 6.45) is 1.67. The maximum atomic E-state index is 12.0. The maximum absolute atomic E-state index is 12.0. The zero-order valence-electron chi connectivity index (χ0n) is 13.5. The van der Waals surface area contributed by atoms with Gasteiger partial charge in [-0.3, -0.25) is 4.79 Å². The topological polar surface area (TPSA) is 56.1 Å². The molecule has 0 saturated carbocycles. The molecule has 0 aliphatic heterocycles. The molecule has 0 bridgehead atoms. The Morgan fingerprint density at radius 3 is 2.73 bits per heavy atom. The summed E-state index contributed by atoms with van der Waals surface area (Å²) in [4.78, 5) is 12.0. The van der Waals surface area contributed by atoms with Crippen LogP contribution >= 0.6 is 0 Å². The molecule has 0 atom stereocenters. The first kappa shape index (κ1) is 16.1. The van der Waals surface area contributed by atoms with Crippen LogP contribution in [0.25, 0.3) is 0 Å². The van der Waals surface area contributed by atoms with E-state index in [4.69, 9.17) is 4.74 Å². The number of carbonyl (C=O) groups is 1. The van der Waals surface area contributed by atoms with Crippen LogP contribution in [-0.2, 0) is 4.79 Å². The van der Waals surface area contributed by atoms with Crippen molar-refractivity contribution in [3.05, 3.63) is 42.1 Å². The van der Waals surface area contributed by atoms with Crippen molar-refractivity contribution in [3.63, 3.8) is 0 Å². The van der Waals surface area contributed by atoms with Gasteiger partial charge in [-0.1, -0.05) is 26.0 Å². The molecule has 1 aromatic carbocycles. The molecule has 1 N–H and O–H groups in total. The lowest BCUT2D eigenvalue weighted by molar-refractivity contribution is -0.118. The molecule has 1 amide bonds. The molecule has 22 heavy (non-hydrogen) atoms. The number of nitrogens with zero attached hydrogens (tertiary/aromatic N) is 2. The summed E-state index contributed by atoms with van der Waals surface area (Å²) in [5.41, 5.74) is 1.19. The highest BCUT2D eigenvalue weighted by atomic mass is 16.5. The van der Waals surface area contributed by atoms with Crippen molar-refractivity contribution in [1.82, 2.24) is 9.78 Å². The monoisotopic (exact) mass is 301 g/mol. The summed E-state index contributed by atoms with van der Waals surface area (Å²) in [6.45, 7) is 8.25. The fourth-order valence-corrected chi connectivity index (χ4v) is 2.12. The zero-order valence-corrected chi connectivity index (χ0v) is 13.5. The molecule has 5 heteroatoms. The number of rotatable bonds is 6. The van der Waals surface area contributed by atoms with E-state index in [0.717, 1.165) is 0 Å². The highest BCUT2D eigenvalue weighted by Crippen LogP contribution is 2.20. The Balaban J connectivity index is 1.93. The third-order valence-corrected chi connectivity index (χ3v) is 3.32. The van der Waals surface area contributed by atoms with E-state index in [9.17, 15) is 4.79 Å². The molecule has 2 aromatic rings. The summed E-state index contributed by atoms with van der Waals surface area (Å²) in [5.74, 6) is 1.62. The van der Waals surface area contributed by atoms with Gasteiger partial charge in [0.05, 0.1) is 6.20 Å². The summed E-state index contributed by atoms with van der Waals surface area (Å²) in [7, 11) is 0. The highest BCUT2D eigenvalue weighted by Gasteiger charge is 2.10. The lowest BCUT2D eigenvalue weighted by Crippen LogP contribution is -2.22. The number of anilines is 1. The largest absolute Gasteiger partial charge is 0.484 e. The Bertz CT molecular complexity index is 632. The number of ether oxygens (including phenoxy) is 1. The van der Waals surface area contributed by atoms with Crippen LogP contribution in [0.2, 0.25) is 0 Å². The third kappa shape index (κ3) is 4.10. The van der Waals surface area contributed by atoms with Gasteiger partial charge in [-0.15, -0.1) is 0 Å². The second kappa shape index (κ2) is 7.11. The number of hydrogen-bond donors (Lipinski definition) is 1. The summed E-state index contributed by atoms with van der Waals surface area (Å²) < 4.78 is 7.33. The fraction of sp³-hybridized carbons (Fsp3) is 0.412. The van der Waals surface area contributed by atoms with Gasteiger partial charge < -0.3 is 10.1 Å². The average Bonchev–Trinajstić information content (AvgIpc) is 2.93. The van der Waals surface area contributed by atoms with E-state index in [0.29, 0.717) is 17.5 Å². The van der Waals surface area contributed by atoms with Gasteiger partial charge in [-0.05, 0) is 37.5 Å². The summed E-state index contributed by atoms with van der Waals surface area (Å²) >= 11 is 0. The Kier molecular flexibility index (Phi) is 5.20. The number of carbonyl (C=O) groups excluding carboxylic acids is 1. The first-order valence-electron chi connectivity index (χ1n) is 7.53. The molecule has 0 radical (unpaired) electrons. The van der Waals surface area contributed by atoms with E-state index in [1.165, 1.54) is 5.56 Å². The van der Waals surface area contributed by atoms with Crippen molar-refractivity contribution < 1.29 is 9.53 Å². The minimum Gasteiger partial charge on any atom is -0.484 e. The van der Waals surface area contributed by atoms with Crippen molar-refractivity contribution in [1.29, 1.82) is 0 Å². The summed E-state index contributed by atoms with van der Waals surface area (Å²) in [6, 6.07) is 9.79. The van der Waals surface area contributed by atoms with Crippen molar-refractivity contribution in [2.24, 2.45) is 0 Å². The van der Waals surface area contributed by atoms with E-state index in [1.54, 1.807) is 16.9 Å². The SMILES string of the molecule is CC(C)c1cccc(OCC(=O)Nc2ccnn2C(C)C)c1. The van der Waals surface area contributed by atoms with Gasteiger partial charge in [-0.2, -0.15) is 5.10 Å². The minimum atomic E-state index is -0.197. The molecule has 0 fully saturated rings. The molecule has 0 saturated heterocycles. The van der Waals surface area contributed by atoms with E-state index < -0.39 is 0 Å². The van der Waals surface area contributed by atoms with Crippen LogP contribution in [-0.4, -0.2) is 22.3 Å². The third-order valence-electron chi connectivity index (χ3n) is 3.32. The predicted molar refractivity (Wildman–Crippen MR) is 87.3 cm³/mol. The second-order valence-corrected chi connectivity index (χ2v) is 5.82. The number of nitrogens with one attached hydrogen (secondary N) is 1. The molecule has 0 spiro atoms. The molecule has 0 aliphatic rings. The van der Waals surface area contributed by atoms with E-state index in [-0.39, 0.29) is 18.6 Å². The zero-order chi connectivity index (χ0) is 16.1. The Hall–Kier alpha value is -2.30. The van der Waals surface area contributed by atoms with E-state index in [1.807, 2.05) is 32.0 Å². The van der Waals surface area contributed by atoms with Gasteiger partial charge >= 0.3 is 0 Å². The molecular weight excluding hydrogens is 278 g/mol. The number of hydrogen-bond acceptors (Lipinski definition) is 3. The molecule has 0 unspecified atom stereocenters. The van der Waals surface area contributed by atoms with Gasteiger partial charge in [0.1, 0.15) is 11.6 Å². The summed E-state index contributed by atoms with van der Waals surface area (Å²) in [5, 5.41) is 7.00. The number of aromatic nitrogens is 2. The van der Waals surface area contributed by atoms with Crippen LogP contribution in [0.3, 0.4) is 0 Å². The van der Waals surface area contributed by atoms with Crippen LogP contribution in [0.15, 0.2) is 36.5 Å². The van der Waals surface area contributed by atoms with Crippen LogP contribution in [0.1, 0.15) is 45.2 Å². The first-order valence-corrected chi connectivity index (χ1v) is 7.53.